The topological polar surface area (TPSA) is 67.5 Å². The van der Waals surface area contributed by atoms with Gasteiger partial charge in [0.25, 0.3) is 5.69 Å². The Morgan fingerprint density at radius 2 is 1.82 bits per heavy atom. The maximum absolute atomic E-state index is 12.4. The van der Waals surface area contributed by atoms with Crippen LogP contribution in [0.1, 0.15) is 34.8 Å². The number of aromatic hydroxyl groups is 1. The lowest BCUT2D eigenvalue weighted by Crippen LogP contribution is -2.44. The number of carbonyl (C=O) groups excluding carboxylic acids is 1. The second kappa shape index (κ2) is 6.05. The van der Waals surface area contributed by atoms with E-state index in [-0.39, 0.29) is 17.4 Å². The van der Waals surface area contributed by atoms with E-state index in [0.717, 1.165) is 12.8 Å². The summed E-state index contributed by atoms with van der Waals surface area (Å²) in [5.41, 5.74) is 1.36. The van der Waals surface area contributed by atoms with E-state index in [1.54, 1.807) is 35.2 Å². The Morgan fingerprint density at radius 3 is 2.45 bits per heavy atom. The molecule has 0 bridgehead atoms. The SMILES string of the molecule is O=C(c1cccc[n+]1[O-])N1CCC(c2ccc(O)cc2)CC1. The number of aromatic nitrogens is 1. The molecule has 1 aromatic heterocycles. The van der Waals surface area contributed by atoms with Crippen LogP contribution in [0.5, 0.6) is 5.75 Å². The molecule has 0 aliphatic carbocycles. The maximum atomic E-state index is 12.4. The predicted octanol–water partition coefficient (Wildman–Crippen LogP) is 2.05. The van der Waals surface area contributed by atoms with Crippen LogP contribution in [0.25, 0.3) is 0 Å². The lowest BCUT2D eigenvalue weighted by Gasteiger charge is -2.31. The van der Waals surface area contributed by atoms with Crippen LogP contribution in [0.4, 0.5) is 0 Å². The molecular formula is C17H18N2O3. The number of piperidine rings is 1. The van der Waals surface area contributed by atoms with Crippen LogP contribution >= 0.6 is 0 Å². The van der Waals surface area contributed by atoms with Crippen molar-refractivity contribution < 1.29 is 14.6 Å². The van der Waals surface area contributed by atoms with Gasteiger partial charge in [-0.2, -0.15) is 4.73 Å². The quantitative estimate of drug-likeness (QED) is 0.681. The van der Waals surface area contributed by atoms with Gasteiger partial charge in [0, 0.05) is 25.2 Å². The van der Waals surface area contributed by atoms with E-state index in [0.29, 0.717) is 23.7 Å². The minimum atomic E-state index is -0.209. The highest BCUT2D eigenvalue weighted by Crippen LogP contribution is 2.29. The highest BCUT2D eigenvalue weighted by atomic mass is 16.5. The largest absolute Gasteiger partial charge is 0.618 e. The molecule has 5 heteroatoms. The Bertz CT molecular complexity index is 662. The first-order valence-corrected chi connectivity index (χ1v) is 7.41. The molecule has 2 aromatic rings. The lowest BCUT2D eigenvalue weighted by atomic mass is 9.89. The Labute approximate surface area is 129 Å². The molecular weight excluding hydrogens is 280 g/mol. The van der Waals surface area contributed by atoms with Crippen LogP contribution < -0.4 is 4.73 Å². The van der Waals surface area contributed by atoms with Gasteiger partial charge in [0.05, 0.1) is 0 Å². The summed E-state index contributed by atoms with van der Waals surface area (Å²) >= 11 is 0. The van der Waals surface area contributed by atoms with Gasteiger partial charge >= 0.3 is 5.91 Å². The smallest absolute Gasteiger partial charge is 0.319 e. The molecule has 1 aliphatic heterocycles. The first kappa shape index (κ1) is 14.4. The van der Waals surface area contributed by atoms with E-state index < -0.39 is 0 Å². The van der Waals surface area contributed by atoms with Crippen LogP contribution in [-0.4, -0.2) is 29.0 Å². The van der Waals surface area contributed by atoms with Gasteiger partial charge in [-0.3, -0.25) is 4.79 Å². The monoisotopic (exact) mass is 298 g/mol. The van der Waals surface area contributed by atoms with Crippen molar-refractivity contribution in [1.82, 2.24) is 4.90 Å². The number of phenolic OH excluding ortho intramolecular Hbond substituents is 1. The molecule has 22 heavy (non-hydrogen) atoms. The van der Waals surface area contributed by atoms with Gasteiger partial charge in [-0.25, -0.2) is 0 Å². The molecule has 1 amide bonds. The molecule has 1 saturated heterocycles. The average molecular weight is 298 g/mol. The highest BCUT2D eigenvalue weighted by Gasteiger charge is 2.28. The fourth-order valence-electron chi connectivity index (χ4n) is 2.92. The molecule has 1 fully saturated rings. The van der Waals surface area contributed by atoms with Gasteiger partial charge in [0.1, 0.15) is 5.75 Å². The first-order valence-electron chi connectivity index (χ1n) is 7.41. The molecule has 5 nitrogen and oxygen atoms in total. The second-order valence-electron chi connectivity index (χ2n) is 5.57. The molecule has 3 rings (SSSR count). The fourth-order valence-corrected chi connectivity index (χ4v) is 2.92. The average Bonchev–Trinajstić information content (AvgIpc) is 2.56. The molecule has 0 atom stereocenters. The van der Waals surface area contributed by atoms with E-state index >= 15 is 0 Å². The number of carbonyl (C=O) groups is 1. The molecule has 0 saturated carbocycles. The molecule has 1 aliphatic rings. The van der Waals surface area contributed by atoms with Gasteiger partial charge in [0.15, 0.2) is 6.20 Å². The fraction of sp³-hybridized carbons (Fsp3) is 0.294. The third-order valence-electron chi connectivity index (χ3n) is 4.19. The summed E-state index contributed by atoms with van der Waals surface area (Å²) in [4.78, 5) is 14.1. The van der Waals surface area contributed by atoms with Crippen molar-refractivity contribution in [2.45, 2.75) is 18.8 Å². The normalized spacial score (nSPS) is 15.7. The summed E-state index contributed by atoms with van der Waals surface area (Å²) in [6.45, 7) is 1.28. The Kier molecular flexibility index (Phi) is 3.96. The zero-order valence-electron chi connectivity index (χ0n) is 12.2. The van der Waals surface area contributed by atoms with Gasteiger partial charge in [0.2, 0.25) is 0 Å². The molecule has 114 valence electrons. The summed E-state index contributed by atoms with van der Waals surface area (Å²) in [5.74, 6) is 0.444. The van der Waals surface area contributed by atoms with Crippen molar-refractivity contribution in [3.63, 3.8) is 0 Å². The maximum Gasteiger partial charge on any atom is 0.319 e. The second-order valence-corrected chi connectivity index (χ2v) is 5.57. The molecule has 0 spiro atoms. The third-order valence-corrected chi connectivity index (χ3v) is 4.19. The van der Waals surface area contributed by atoms with Crippen molar-refractivity contribution in [3.8, 4) is 5.75 Å². The standard InChI is InChI=1S/C17H18N2O3/c20-15-6-4-13(5-7-15)14-8-11-18(12-9-14)17(21)16-3-1-2-10-19(16)22/h1-7,10,14,20H,8-9,11-12H2. The summed E-state index contributed by atoms with van der Waals surface area (Å²) in [7, 11) is 0. The number of nitrogens with zero attached hydrogens (tertiary/aromatic N) is 2. The molecule has 1 N–H and O–H groups in total. The van der Waals surface area contributed by atoms with E-state index in [9.17, 15) is 15.1 Å². The van der Waals surface area contributed by atoms with Gasteiger partial charge in [-0.15, -0.1) is 0 Å². The molecule has 2 heterocycles. The van der Waals surface area contributed by atoms with Crippen molar-refractivity contribution in [1.29, 1.82) is 0 Å². The minimum absolute atomic E-state index is 0.172. The third kappa shape index (κ3) is 2.88. The predicted molar refractivity (Wildman–Crippen MR) is 81.4 cm³/mol. The van der Waals surface area contributed by atoms with E-state index in [1.807, 2.05) is 12.1 Å². The summed E-state index contributed by atoms with van der Waals surface area (Å²) in [6.07, 6.45) is 3.07. The van der Waals surface area contributed by atoms with E-state index in [2.05, 4.69) is 0 Å². The van der Waals surface area contributed by atoms with E-state index in [1.165, 1.54) is 11.8 Å². The van der Waals surface area contributed by atoms with Crippen LogP contribution in [0.15, 0.2) is 48.7 Å². The number of hydrogen-bond acceptors (Lipinski definition) is 3. The first-order chi connectivity index (χ1) is 10.6. The van der Waals surface area contributed by atoms with E-state index in [4.69, 9.17) is 0 Å². The zero-order valence-corrected chi connectivity index (χ0v) is 12.2. The van der Waals surface area contributed by atoms with Crippen molar-refractivity contribution in [2.24, 2.45) is 0 Å². The Balaban J connectivity index is 1.65. The number of amides is 1. The number of benzene rings is 1. The van der Waals surface area contributed by atoms with Crippen molar-refractivity contribution in [3.05, 3.63) is 65.1 Å². The summed E-state index contributed by atoms with van der Waals surface area (Å²) in [5, 5.41) is 21.0. The van der Waals surface area contributed by atoms with Crippen LogP contribution in [0, 0.1) is 5.21 Å². The van der Waals surface area contributed by atoms with Gasteiger partial charge in [-0.05, 0) is 42.5 Å². The minimum Gasteiger partial charge on any atom is -0.618 e. The van der Waals surface area contributed by atoms with Crippen LogP contribution in [0.3, 0.4) is 0 Å². The van der Waals surface area contributed by atoms with Gasteiger partial charge in [-0.1, -0.05) is 12.1 Å². The number of rotatable bonds is 2. The molecule has 1 aromatic carbocycles. The Morgan fingerprint density at radius 1 is 1.14 bits per heavy atom. The number of phenols is 1. The number of pyridine rings is 1. The highest BCUT2D eigenvalue weighted by molar-refractivity contribution is 5.91. The lowest BCUT2D eigenvalue weighted by molar-refractivity contribution is -0.608. The van der Waals surface area contributed by atoms with Crippen molar-refractivity contribution in [2.75, 3.05) is 13.1 Å². The zero-order chi connectivity index (χ0) is 15.5. The number of likely N-dealkylation sites (tertiary alicyclic amines) is 1. The number of hydrogen-bond donors (Lipinski definition) is 1. The van der Waals surface area contributed by atoms with Crippen molar-refractivity contribution >= 4 is 5.91 Å². The molecule has 0 unspecified atom stereocenters. The molecule has 0 radical (unpaired) electrons. The van der Waals surface area contributed by atoms with Gasteiger partial charge < -0.3 is 15.2 Å². The van der Waals surface area contributed by atoms with Crippen LogP contribution in [-0.2, 0) is 0 Å². The Hall–Kier alpha value is -2.56. The van der Waals surface area contributed by atoms with Crippen LogP contribution in [0.2, 0.25) is 0 Å². The summed E-state index contributed by atoms with van der Waals surface area (Å²) < 4.78 is 0.619. The summed E-state index contributed by atoms with van der Waals surface area (Å²) in [6, 6.07) is 12.1.